The lowest BCUT2D eigenvalue weighted by atomic mass is 10.1. The van der Waals surface area contributed by atoms with E-state index in [9.17, 15) is 0 Å². The monoisotopic (exact) mass is 228 g/mol. The van der Waals surface area contributed by atoms with E-state index in [1.807, 2.05) is 11.6 Å². The summed E-state index contributed by atoms with van der Waals surface area (Å²) >= 11 is 1.66. The summed E-state index contributed by atoms with van der Waals surface area (Å²) in [6, 6.07) is 6.48. The lowest BCUT2D eigenvalue weighted by Crippen LogP contribution is -1.83. The molecule has 3 aromatic rings. The van der Waals surface area contributed by atoms with Gasteiger partial charge < -0.3 is 0 Å². The Morgan fingerprint density at radius 3 is 2.81 bits per heavy atom. The van der Waals surface area contributed by atoms with Crippen LogP contribution in [0, 0.1) is 13.8 Å². The van der Waals surface area contributed by atoms with Crippen LogP contribution in [-0.4, -0.2) is 9.38 Å². The van der Waals surface area contributed by atoms with E-state index < -0.39 is 0 Å². The minimum Gasteiger partial charge on any atom is -0.297 e. The van der Waals surface area contributed by atoms with Crippen LogP contribution in [-0.2, 0) is 0 Å². The highest BCUT2D eigenvalue weighted by Crippen LogP contribution is 2.23. The fourth-order valence-electron chi connectivity index (χ4n) is 1.77. The van der Waals surface area contributed by atoms with Gasteiger partial charge in [0.2, 0.25) is 0 Å². The molecule has 0 N–H and O–H groups in total. The molecule has 0 amide bonds. The van der Waals surface area contributed by atoms with Gasteiger partial charge in [0.05, 0.1) is 5.69 Å². The molecule has 0 saturated carbocycles. The van der Waals surface area contributed by atoms with E-state index in [4.69, 9.17) is 0 Å². The first-order valence-corrected chi connectivity index (χ1v) is 6.12. The number of aryl methyl sites for hydroxylation is 2. The zero-order chi connectivity index (χ0) is 11.1. The minimum absolute atomic E-state index is 1.05. The Morgan fingerprint density at radius 1 is 1.19 bits per heavy atom. The van der Waals surface area contributed by atoms with E-state index in [0.717, 1.165) is 10.7 Å². The normalized spacial score (nSPS) is 11.1. The highest BCUT2D eigenvalue weighted by molar-refractivity contribution is 7.15. The highest BCUT2D eigenvalue weighted by Gasteiger charge is 2.05. The maximum Gasteiger partial charge on any atom is 0.194 e. The number of fused-ring (bicyclic) bond motifs is 1. The molecule has 0 atom stereocenters. The zero-order valence-electron chi connectivity index (χ0n) is 9.27. The van der Waals surface area contributed by atoms with Crippen LogP contribution in [0.1, 0.15) is 11.1 Å². The first-order chi connectivity index (χ1) is 7.74. The first-order valence-electron chi connectivity index (χ1n) is 5.24. The maximum atomic E-state index is 4.60. The Hall–Kier alpha value is -1.61. The van der Waals surface area contributed by atoms with Crippen LogP contribution in [0.25, 0.3) is 16.2 Å². The van der Waals surface area contributed by atoms with Crippen molar-refractivity contribution in [3.05, 3.63) is 47.1 Å². The van der Waals surface area contributed by atoms with E-state index in [1.54, 1.807) is 11.3 Å². The summed E-state index contributed by atoms with van der Waals surface area (Å²) in [7, 11) is 0. The third kappa shape index (κ3) is 1.44. The predicted molar refractivity (Wildman–Crippen MR) is 68.0 cm³/mol. The van der Waals surface area contributed by atoms with E-state index in [-0.39, 0.29) is 0 Å². The molecular formula is C13H12N2S. The Bertz CT molecular complexity index is 620. The summed E-state index contributed by atoms with van der Waals surface area (Å²) in [4.78, 5) is 5.64. The molecule has 0 radical (unpaired) electrons. The molecule has 0 saturated heterocycles. The van der Waals surface area contributed by atoms with Crippen molar-refractivity contribution in [1.82, 2.24) is 9.38 Å². The molecule has 0 aliphatic rings. The van der Waals surface area contributed by atoms with Gasteiger partial charge in [0, 0.05) is 23.3 Å². The summed E-state index contributed by atoms with van der Waals surface area (Å²) in [5.41, 5.74) is 4.88. The van der Waals surface area contributed by atoms with Crippen molar-refractivity contribution >= 4 is 16.3 Å². The van der Waals surface area contributed by atoms with Crippen molar-refractivity contribution in [1.29, 1.82) is 0 Å². The summed E-state index contributed by atoms with van der Waals surface area (Å²) in [6.07, 6.45) is 4.12. The fraction of sp³-hybridized carbons (Fsp3) is 0.154. The molecule has 3 heteroatoms. The Labute approximate surface area is 98.2 Å². The van der Waals surface area contributed by atoms with Crippen LogP contribution in [0.3, 0.4) is 0 Å². The molecule has 0 unspecified atom stereocenters. The summed E-state index contributed by atoms with van der Waals surface area (Å²) in [5.74, 6) is 0. The van der Waals surface area contributed by atoms with Crippen LogP contribution in [0.2, 0.25) is 0 Å². The Morgan fingerprint density at radius 2 is 2.06 bits per heavy atom. The van der Waals surface area contributed by atoms with E-state index in [1.165, 1.54) is 16.7 Å². The molecule has 0 aliphatic heterocycles. The second kappa shape index (κ2) is 3.46. The van der Waals surface area contributed by atoms with Crippen LogP contribution in [0.15, 0.2) is 36.0 Å². The van der Waals surface area contributed by atoms with E-state index in [0.29, 0.717) is 0 Å². The molecule has 0 bridgehead atoms. The third-order valence-corrected chi connectivity index (χ3v) is 3.67. The number of imidazole rings is 1. The van der Waals surface area contributed by atoms with Gasteiger partial charge in [-0.25, -0.2) is 4.98 Å². The van der Waals surface area contributed by atoms with Crippen molar-refractivity contribution < 1.29 is 0 Å². The summed E-state index contributed by atoms with van der Waals surface area (Å²) in [6.45, 7) is 4.27. The van der Waals surface area contributed by atoms with E-state index in [2.05, 4.69) is 47.6 Å². The van der Waals surface area contributed by atoms with Crippen molar-refractivity contribution in [2.75, 3.05) is 0 Å². The Kier molecular flexibility index (Phi) is 2.07. The second-order valence-corrected chi connectivity index (χ2v) is 4.89. The molecule has 1 aromatic carbocycles. The molecule has 2 aromatic heterocycles. The predicted octanol–water partition coefficient (Wildman–Crippen LogP) is 3.68. The lowest BCUT2D eigenvalue weighted by Gasteiger charge is -2.01. The second-order valence-electron chi connectivity index (χ2n) is 4.02. The lowest BCUT2D eigenvalue weighted by molar-refractivity contribution is 1.23. The van der Waals surface area contributed by atoms with Gasteiger partial charge in [0.15, 0.2) is 4.96 Å². The van der Waals surface area contributed by atoms with Crippen LogP contribution in [0.4, 0.5) is 0 Å². The molecule has 2 nitrogen and oxygen atoms in total. The smallest absolute Gasteiger partial charge is 0.194 e. The highest BCUT2D eigenvalue weighted by atomic mass is 32.1. The number of aromatic nitrogens is 2. The molecule has 3 rings (SSSR count). The summed E-state index contributed by atoms with van der Waals surface area (Å²) in [5, 5.41) is 2.05. The van der Waals surface area contributed by atoms with Gasteiger partial charge in [0.1, 0.15) is 0 Å². The van der Waals surface area contributed by atoms with Gasteiger partial charge in [-0.05, 0) is 31.0 Å². The largest absolute Gasteiger partial charge is 0.297 e. The van der Waals surface area contributed by atoms with Gasteiger partial charge in [-0.1, -0.05) is 12.1 Å². The quantitative estimate of drug-likeness (QED) is 0.621. The number of thiazole rings is 1. The average Bonchev–Trinajstić information content (AvgIpc) is 2.81. The molecule has 0 spiro atoms. The molecule has 80 valence electrons. The molecule has 2 heterocycles. The Balaban J connectivity index is 2.15. The van der Waals surface area contributed by atoms with Crippen LogP contribution >= 0.6 is 11.3 Å². The van der Waals surface area contributed by atoms with E-state index >= 15 is 0 Å². The van der Waals surface area contributed by atoms with Crippen molar-refractivity contribution in [3.8, 4) is 11.3 Å². The zero-order valence-corrected chi connectivity index (χ0v) is 10.1. The SMILES string of the molecule is Cc1ccc(-c2cn3ccsc3n2)cc1C. The molecular weight excluding hydrogens is 216 g/mol. The summed E-state index contributed by atoms with van der Waals surface area (Å²) < 4.78 is 2.06. The number of benzene rings is 1. The number of hydrogen-bond acceptors (Lipinski definition) is 2. The van der Waals surface area contributed by atoms with Crippen molar-refractivity contribution in [2.24, 2.45) is 0 Å². The van der Waals surface area contributed by atoms with Crippen molar-refractivity contribution in [3.63, 3.8) is 0 Å². The number of hydrogen-bond donors (Lipinski definition) is 0. The minimum atomic E-state index is 1.05. The third-order valence-electron chi connectivity index (χ3n) is 2.90. The first kappa shape index (κ1) is 9.60. The van der Waals surface area contributed by atoms with Crippen LogP contribution in [0.5, 0.6) is 0 Å². The van der Waals surface area contributed by atoms with Gasteiger partial charge in [-0.3, -0.25) is 4.40 Å². The standard InChI is InChI=1S/C13H12N2S/c1-9-3-4-11(7-10(9)2)12-8-15-5-6-16-13(15)14-12/h3-8H,1-2H3. The van der Waals surface area contributed by atoms with Crippen LogP contribution < -0.4 is 0 Å². The van der Waals surface area contributed by atoms with Gasteiger partial charge in [-0.2, -0.15) is 0 Å². The van der Waals surface area contributed by atoms with Gasteiger partial charge in [0.25, 0.3) is 0 Å². The van der Waals surface area contributed by atoms with Gasteiger partial charge in [-0.15, -0.1) is 11.3 Å². The van der Waals surface area contributed by atoms with Crippen molar-refractivity contribution in [2.45, 2.75) is 13.8 Å². The molecule has 0 fully saturated rings. The fourth-order valence-corrected chi connectivity index (χ4v) is 2.47. The number of nitrogens with zero attached hydrogens (tertiary/aromatic N) is 2. The molecule has 16 heavy (non-hydrogen) atoms. The molecule has 0 aliphatic carbocycles. The number of rotatable bonds is 1. The topological polar surface area (TPSA) is 17.3 Å². The van der Waals surface area contributed by atoms with Gasteiger partial charge >= 0.3 is 0 Å². The average molecular weight is 228 g/mol. The maximum absolute atomic E-state index is 4.60.